The third kappa shape index (κ3) is 2.66. The van der Waals surface area contributed by atoms with Gasteiger partial charge in [0, 0.05) is 6.54 Å². The summed E-state index contributed by atoms with van der Waals surface area (Å²) in [5, 5.41) is 9.31. The molecule has 1 aromatic carbocycles. The van der Waals surface area contributed by atoms with E-state index in [1.807, 2.05) is 13.8 Å². The fourth-order valence-corrected chi connectivity index (χ4v) is 2.16. The zero-order valence-electron chi connectivity index (χ0n) is 11.3. The van der Waals surface area contributed by atoms with E-state index in [0.29, 0.717) is 35.9 Å². The van der Waals surface area contributed by atoms with Gasteiger partial charge in [-0.15, -0.1) is 0 Å². The second-order valence-corrected chi connectivity index (χ2v) is 4.37. The third-order valence-corrected chi connectivity index (χ3v) is 2.96. The number of carbonyl (C=O) groups excluding carboxylic acids is 1. The molecule has 0 fully saturated rings. The van der Waals surface area contributed by atoms with Crippen LogP contribution in [0.3, 0.4) is 0 Å². The van der Waals surface area contributed by atoms with Crippen molar-refractivity contribution < 1.29 is 19.4 Å². The Morgan fingerprint density at radius 3 is 2.84 bits per heavy atom. The van der Waals surface area contributed by atoms with Gasteiger partial charge in [0.2, 0.25) is 0 Å². The van der Waals surface area contributed by atoms with Crippen LogP contribution in [0.25, 0.3) is 0 Å². The first-order chi connectivity index (χ1) is 9.21. The molecular formula is C14H19NO4. The van der Waals surface area contributed by atoms with Crippen LogP contribution in [0, 0.1) is 0 Å². The van der Waals surface area contributed by atoms with Crippen molar-refractivity contribution in [1.82, 2.24) is 0 Å². The van der Waals surface area contributed by atoms with E-state index < -0.39 is 0 Å². The smallest absolute Gasteiger partial charge is 0.265 e. The molecule has 1 aliphatic heterocycles. The predicted octanol–water partition coefficient (Wildman–Crippen LogP) is 1.71. The van der Waals surface area contributed by atoms with Gasteiger partial charge in [0.1, 0.15) is 0 Å². The summed E-state index contributed by atoms with van der Waals surface area (Å²) in [6.45, 7) is 4.98. The fraction of sp³-hybridized carbons (Fsp3) is 0.500. The van der Waals surface area contributed by atoms with E-state index in [1.165, 1.54) is 0 Å². The van der Waals surface area contributed by atoms with Crippen LogP contribution in [-0.2, 0) is 11.4 Å². The summed E-state index contributed by atoms with van der Waals surface area (Å²) in [6, 6.07) is 3.53. The number of amides is 1. The SMILES string of the molecule is CCCN1C(=O)COc2c(OCC)cc(CO)cc21. The molecule has 5 nitrogen and oxygen atoms in total. The van der Waals surface area contributed by atoms with Gasteiger partial charge in [0.15, 0.2) is 18.1 Å². The minimum absolute atomic E-state index is 0.0333. The minimum atomic E-state index is -0.0957. The normalized spacial score (nSPS) is 14.1. The number of rotatable bonds is 5. The average molecular weight is 265 g/mol. The van der Waals surface area contributed by atoms with E-state index in [4.69, 9.17) is 9.47 Å². The second-order valence-electron chi connectivity index (χ2n) is 4.37. The summed E-state index contributed by atoms with van der Waals surface area (Å²) >= 11 is 0. The first-order valence-corrected chi connectivity index (χ1v) is 6.55. The molecule has 104 valence electrons. The summed E-state index contributed by atoms with van der Waals surface area (Å²) < 4.78 is 11.0. The van der Waals surface area contributed by atoms with Gasteiger partial charge in [0.05, 0.1) is 18.9 Å². The molecule has 5 heteroatoms. The van der Waals surface area contributed by atoms with Gasteiger partial charge >= 0.3 is 0 Å². The second kappa shape index (κ2) is 5.93. The van der Waals surface area contributed by atoms with Crippen molar-refractivity contribution in [2.24, 2.45) is 0 Å². The quantitative estimate of drug-likeness (QED) is 0.880. The van der Waals surface area contributed by atoms with Gasteiger partial charge in [-0.25, -0.2) is 0 Å². The molecule has 0 bridgehead atoms. The Labute approximate surface area is 112 Å². The number of fused-ring (bicyclic) bond motifs is 1. The molecule has 1 amide bonds. The molecule has 1 heterocycles. The Hall–Kier alpha value is -1.75. The number of benzene rings is 1. The lowest BCUT2D eigenvalue weighted by atomic mass is 10.1. The zero-order valence-corrected chi connectivity index (χ0v) is 11.3. The number of carbonyl (C=O) groups is 1. The molecule has 1 aliphatic rings. The maximum absolute atomic E-state index is 11.9. The zero-order chi connectivity index (χ0) is 13.8. The van der Waals surface area contributed by atoms with Crippen molar-refractivity contribution in [1.29, 1.82) is 0 Å². The molecule has 19 heavy (non-hydrogen) atoms. The Bertz CT molecular complexity index is 473. The molecule has 0 atom stereocenters. The largest absolute Gasteiger partial charge is 0.490 e. The van der Waals surface area contributed by atoms with Crippen molar-refractivity contribution in [3.05, 3.63) is 17.7 Å². The molecule has 1 N–H and O–H groups in total. The Kier molecular flexibility index (Phi) is 4.27. The summed E-state index contributed by atoms with van der Waals surface area (Å²) in [5.41, 5.74) is 1.40. The van der Waals surface area contributed by atoms with Gasteiger partial charge in [-0.1, -0.05) is 6.92 Å². The van der Waals surface area contributed by atoms with Gasteiger partial charge in [-0.05, 0) is 31.0 Å². The molecule has 0 aliphatic carbocycles. The van der Waals surface area contributed by atoms with Gasteiger partial charge in [-0.2, -0.15) is 0 Å². The molecule has 0 radical (unpaired) electrons. The highest BCUT2D eigenvalue weighted by molar-refractivity contribution is 5.98. The minimum Gasteiger partial charge on any atom is -0.490 e. The van der Waals surface area contributed by atoms with Crippen molar-refractivity contribution in [3.8, 4) is 11.5 Å². The number of anilines is 1. The summed E-state index contributed by atoms with van der Waals surface area (Å²) in [7, 11) is 0. The Morgan fingerprint density at radius 1 is 1.42 bits per heavy atom. The highest BCUT2D eigenvalue weighted by Gasteiger charge is 2.28. The van der Waals surface area contributed by atoms with Crippen LogP contribution in [0.5, 0.6) is 11.5 Å². The maximum Gasteiger partial charge on any atom is 0.265 e. The lowest BCUT2D eigenvalue weighted by molar-refractivity contribution is -0.121. The van der Waals surface area contributed by atoms with E-state index >= 15 is 0 Å². The van der Waals surface area contributed by atoms with Crippen molar-refractivity contribution in [3.63, 3.8) is 0 Å². The molecule has 0 saturated carbocycles. The summed E-state index contributed by atoms with van der Waals surface area (Å²) in [6.07, 6.45) is 0.860. The molecule has 2 rings (SSSR count). The van der Waals surface area contributed by atoms with E-state index in [-0.39, 0.29) is 19.1 Å². The van der Waals surface area contributed by atoms with Crippen LogP contribution in [0.4, 0.5) is 5.69 Å². The van der Waals surface area contributed by atoms with Crippen LogP contribution in [-0.4, -0.2) is 30.8 Å². The van der Waals surface area contributed by atoms with Crippen LogP contribution in [0.15, 0.2) is 12.1 Å². The standard InChI is InChI=1S/C14H19NO4/c1-3-5-15-11-6-10(8-16)7-12(18-4-2)14(11)19-9-13(15)17/h6-7,16H,3-5,8-9H2,1-2H3. The van der Waals surface area contributed by atoms with Gasteiger partial charge < -0.3 is 19.5 Å². The first kappa shape index (κ1) is 13.7. The van der Waals surface area contributed by atoms with Crippen molar-refractivity contribution in [2.75, 3.05) is 24.7 Å². The van der Waals surface area contributed by atoms with E-state index in [2.05, 4.69) is 0 Å². The summed E-state index contributed by atoms with van der Waals surface area (Å²) in [4.78, 5) is 13.6. The number of nitrogens with zero attached hydrogens (tertiary/aromatic N) is 1. The monoisotopic (exact) mass is 265 g/mol. The maximum atomic E-state index is 11.9. The van der Waals surface area contributed by atoms with Crippen molar-refractivity contribution >= 4 is 11.6 Å². The molecule has 0 saturated heterocycles. The number of ether oxygens (including phenoxy) is 2. The van der Waals surface area contributed by atoms with E-state index in [0.717, 1.165) is 6.42 Å². The molecule has 1 aromatic rings. The predicted molar refractivity (Wildman–Crippen MR) is 71.7 cm³/mol. The lowest BCUT2D eigenvalue weighted by Gasteiger charge is -2.30. The highest BCUT2D eigenvalue weighted by Crippen LogP contribution is 2.41. The summed E-state index contributed by atoms with van der Waals surface area (Å²) in [5.74, 6) is 1.11. The van der Waals surface area contributed by atoms with E-state index in [1.54, 1.807) is 17.0 Å². The third-order valence-electron chi connectivity index (χ3n) is 2.96. The Balaban J connectivity index is 2.49. The van der Waals surface area contributed by atoms with Crippen LogP contribution >= 0.6 is 0 Å². The molecule has 0 unspecified atom stereocenters. The molecular weight excluding hydrogens is 246 g/mol. The number of aliphatic hydroxyl groups is 1. The molecule has 0 aromatic heterocycles. The van der Waals surface area contributed by atoms with Crippen LogP contribution < -0.4 is 14.4 Å². The Morgan fingerprint density at radius 2 is 2.21 bits per heavy atom. The van der Waals surface area contributed by atoms with Gasteiger partial charge in [0.25, 0.3) is 5.91 Å². The number of hydrogen-bond acceptors (Lipinski definition) is 4. The number of aliphatic hydroxyl groups excluding tert-OH is 1. The first-order valence-electron chi connectivity index (χ1n) is 6.55. The van der Waals surface area contributed by atoms with Crippen molar-refractivity contribution in [2.45, 2.75) is 26.9 Å². The fourth-order valence-electron chi connectivity index (χ4n) is 2.16. The van der Waals surface area contributed by atoms with E-state index in [9.17, 15) is 9.90 Å². The molecule has 0 spiro atoms. The number of hydrogen-bond donors (Lipinski definition) is 1. The van der Waals surface area contributed by atoms with Gasteiger partial charge in [-0.3, -0.25) is 4.79 Å². The average Bonchev–Trinajstić information content (AvgIpc) is 2.42. The van der Waals surface area contributed by atoms with Crippen LogP contribution in [0.2, 0.25) is 0 Å². The highest BCUT2D eigenvalue weighted by atomic mass is 16.5. The lowest BCUT2D eigenvalue weighted by Crippen LogP contribution is -2.39. The topological polar surface area (TPSA) is 59.0 Å². The van der Waals surface area contributed by atoms with Crippen LogP contribution in [0.1, 0.15) is 25.8 Å².